The number of benzene rings is 3. The number of sulfonamides is 1. The van der Waals surface area contributed by atoms with Gasteiger partial charge in [0.1, 0.15) is 0 Å². The molecule has 0 aliphatic carbocycles. The summed E-state index contributed by atoms with van der Waals surface area (Å²) in [7, 11) is -3.53. The van der Waals surface area contributed by atoms with Crippen LogP contribution in [0.3, 0.4) is 0 Å². The van der Waals surface area contributed by atoms with Gasteiger partial charge in [0.25, 0.3) is 0 Å². The lowest BCUT2D eigenvalue weighted by Crippen LogP contribution is -2.26. The fourth-order valence-corrected chi connectivity index (χ4v) is 3.96. The lowest BCUT2D eigenvalue weighted by molar-refractivity contribution is 0.0349. The molecule has 1 atom stereocenters. The molecule has 0 saturated carbocycles. The maximum absolute atomic E-state index is 12.5. The molecule has 4 nitrogen and oxygen atoms in total. The summed E-state index contributed by atoms with van der Waals surface area (Å²) in [5.41, 5.74) is 3.15. The summed E-state index contributed by atoms with van der Waals surface area (Å²) in [6.07, 6.45) is 0.351. The van der Waals surface area contributed by atoms with Crippen molar-refractivity contribution in [3.8, 4) is 0 Å². The first-order chi connectivity index (χ1) is 13.5. The van der Waals surface area contributed by atoms with Crippen LogP contribution in [0.2, 0.25) is 0 Å². The molecule has 3 aromatic rings. The van der Waals surface area contributed by atoms with Crippen LogP contribution in [0.5, 0.6) is 0 Å². The molecule has 0 amide bonds. The van der Waals surface area contributed by atoms with Crippen molar-refractivity contribution in [1.82, 2.24) is 4.72 Å². The van der Waals surface area contributed by atoms with Gasteiger partial charge in [0.2, 0.25) is 10.0 Å². The van der Waals surface area contributed by atoms with E-state index < -0.39 is 10.0 Å². The zero-order valence-corrected chi connectivity index (χ0v) is 16.7. The molecule has 0 bridgehead atoms. The molecule has 0 aliphatic rings. The van der Waals surface area contributed by atoms with E-state index >= 15 is 0 Å². The van der Waals surface area contributed by atoms with Gasteiger partial charge in [0.15, 0.2) is 0 Å². The fraction of sp³-hybridized carbons (Fsp3) is 0.217. The first-order valence-electron chi connectivity index (χ1n) is 9.31. The van der Waals surface area contributed by atoms with E-state index in [2.05, 4.69) is 4.72 Å². The van der Waals surface area contributed by atoms with Gasteiger partial charge < -0.3 is 4.74 Å². The van der Waals surface area contributed by atoms with E-state index in [1.54, 1.807) is 24.3 Å². The zero-order chi connectivity index (χ0) is 19.8. The van der Waals surface area contributed by atoms with E-state index in [1.807, 2.05) is 67.6 Å². The molecular weight excluding hydrogens is 370 g/mol. The van der Waals surface area contributed by atoms with E-state index in [0.29, 0.717) is 19.6 Å². The van der Waals surface area contributed by atoms with E-state index in [9.17, 15) is 8.42 Å². The minimum absolute atomic E-state index is 0.192. The van der Waals surface area contributed by atoms with Crippen molar-refractivity contribution in [3.63, 3.8) is 0 Å². The van der Waals surface area contributed by atoms with Crippen LogP contribution >= 0.6 is 0 Å². The van der Waals surface area contributed by atoms with E-state index in [4.69, 9.17) is 4.74 Å². The van der Waals surface area contributed by atoms with E-state index in [1.165, 1.54) is 0 Å². The summed E-state index contributed by atoms with van der Waals surface area (Å²) in [6, 6.07) is 26.7. The molecule has 5 heteroatoms. The van der Waals surface area contributed by atoms with Crippen LogP contribution in [-0.4, -0.2) is 15.0 Å². The van der Waals surface area contributed by atoms with Gasteiger partial charge in [0, 0.05) is 6.54 Å². The van der Waals surface area contributed by atoms with Crippen LogP contribution < -0.4 is 4.72 Å². The van der Waals surface area contributed by atoms with Crippen molar-refractivity contribution in [2.24, 2.45) is 0 Å². The Hall–Kier alpha value is -2.47. The van der Waals surface area contributed by atoms with Crippen LogP contribution in [0.1, 0.15) is 29.2 Å². The van der Waals surface area contributed by atoms with Crippen molar-refractivity contribution < 1.29 is 13.2 Å². The van der Waals surface area contributed by atoms with Gasteiger partial charge in [-0.15, -0.1) is 0 Å². The van der Waals surface area contributed by atoms with Crippen LogP contribution in [0, 0.1) is 6.92 Å². The Balaban J connectivity index is 1.63. The van der Waals surface area contributed by atoms with Gasteiger partial charge in [-0.2, -0.15) is 0 Å². The third-order valence-electron chi connectivity index (χ3n) is 4.50. The molecule has 1 N–H and O–H groups in total. The minimum Gasteiger partial charge on any atom is -0.369 e. The van der Waals surface area contributed by atoms with Crippen molar-refractivity contribution in [2.45, 2.75) is 31.0 Å². The summed E-state index contributed by atoms with van der Waals surface area (Å²) < 4.78 is 33.8. The number of hydrogen-bond donors (Lipinski definition) is 1. The summed E-state index contributed by atoms with van der Waals surface area (Å²) in [5, 5.41) is 0. The lowest BCUT2D eigenvalue weighted by Gasteiger charge is -2.19. The van der Waals surface area contributed by atoms with Gasteiger partial charge in [-0.3, -0.25) is 0 Å². The molecule has 0 unspecified atom stereocenters. The van der Waals surface area contributed by atoms with Gasteiger partial charge in [-0.1, -0.05) is 78.4 Å². The SMILES string of the molecule is Cc1ccc(S(=O)(=O)NCC[C@@H](OCc2ccccc2)c2ccccc2)cc1. The molecule has 0 aliphatic heterocycles. The number of rotatable bonds is 9. The maximum Gasteiger partial charge on any atom is 0.240 e. The smallest absolute Gasteiger partial charge is 0.240 e. The third-order valence-corrected chi connectivity index (χ3v) is 5.97. The first kappa shape index (κ1) is 20.3. The lowest BCUT2D eigenvalue weighted by atomic mass is 10.1. The molecule has 0 aromatic heterocycles. The molecule has 28 heavy (non-hydrogen) atoms. The topological polar surface area (TPSA) is 55.4 Å². The molecule has 0 fully saturated rings. The summed E-state index contributed by atoms with van der Waals surface area (Å²) in [4.78, 5) is 0.277. The highest BCUT2D eigenvalue weighted by Gasteiger charge is 2.16. The third kappa shape index (κ3) is 5.76. The second-order valence-electron chi connectivity index (χ2n) is 6.70. The van der Waals surface area contributed by atoms with Crippen molar-refractivity contribution in [1.29, 1.82) is 0 Å². The molecule has 0 heterocycles. The largest absolute Gasteiger partial charge is 0.369 e. The Morgan fingerprint density at radius 2 is 1.46 bits per heavy atom. The van der Waals surface area contributed by atoms with E-state index in [0.717, 1.165) is 16.7 Å². The molecule has 3 rings (SSSR count). The van der Waals surface area contributed by atoms with Crippen molar-refractivity contribution >= 4 is 10.0 Å². The Kier molecular flexibility index (Phi) is 6.98. The minimum atomic E-state index is -3.53. The number of aryl methyl sites for hydroxylation is 1. The Labute approximate surface area is 167 Å². The van der Waals surface area contributed by atoms with Gasteiger partial charge in [-0.05, 0) is 36.6 Å². The Morgan fingerprint density at radius 3 is 2.11 bits per heavy atom. The zero-order valence-electron chi connectivity index (χ0n) is 15.9. The first-order valence-corrected chi connectivity index (χ1v) is 10.8. The van der Waals surface area contributed by atoms with Crippen LogP contribution in [-0.2, 0) is 21.4 Å². The van der Waals surface area contributed by atoms with Gasteiger partial charge in [-0.25, -0.2) is 13.1 Å². The average molecular weight is 396 g/mol. The van der Waals surface area contributed by atoms with Crippen LogP contribution in [0.25, 0.3) is 0 Å². The molecule has 0 saturated heterocycles. The monoisotopic (exact) mass is 395 g/mol. The van der Waals surface area contributed by atoms with Crippen LogP contribution in [0.4, 0.5) is 0 Å². The van der Waals surface area contributed by atoms with Crippen molar-refractivity contribution in [2.75, 3.05) is 6.54 Å². The highest BCUT2D eigenvalue weighted by Crippen LogP contribution is 2.22. The predicted octanol–water partition coefficient (Wildman–Crippen LogP) is 4.62. The number of nitrogens with one attached hydrogen (secondary N) is 1. The van der Waals surface area contributed by atoms with Crippen molar-refractivity contribution in [3.05, 3.63) is 102 Å². The normalized spacial score (nSPS) is 12.6. The summed E-state index contributed by atoms with van der Waals surface area (Å²) in [5.74, 6) is 0. The van der Waals surface area contributed by atoms with Gasteiger partial charge >= 0.3 is 0 Å². The number of ether oxygens (including phenoxy) is 1. The Morgan fingerprint density at radius 1 is 0.857 bits per heavy atom. The molecule has 0 spiro atoms. The quantitative estimate of drug-likeness (QED) is 0.575. The number of hydrogen-bond acceptors (Lipinski definition) is 3. The van der Waals surface area contributed by atoms with Gasteiger partial charge in [0.05, 0.1) is 17.6 Å². The molecule has 3 aromatic carbocycles. The highest BCUT2D eigenvalue weighted by atomic mass is 32.2. The summed E-state index contributed by atoms with van der Waals surface area (Å²) in [6.45, 7) is 2.70. The molecule has 146 valence electrons. The predicted molar refractivity (Wildman–Crippen MR) is 111 cm³/mol. The second kappa shape index (κ2) is 9.64. The highest BCUT2D eigenvalue weighted by molar-refractivity contribution is 7.89. The van der Waals surface area contributed by atoms with E-state index in [-0.39, 0.29) is 11.0 Å². The molecule has 0 radical (unpaired) electrons. The molecular formula is C23H25NO3S. The standard InChI is InChI=1S/C23H25NO3S/c1-19-12-14-22(15-13-19)28(25,26)24-17-16-23(21-10-6-3-7-11-21)27-18-20-8-4-2-5-9-20/h2-15,23-24H,16-18H2,1H3/t23-/m1/s1. The summed E-state index contributed by atoms with van der Waals surface area (Å²) >= 11 is 0. The fourth-order valence-electron chi connectivity index (χ4n) is 2.91. The van der Waals surface area contributed by atoms with Crippen LogP contribution in [0.15, 0.2) is 89.8 Å². The second-order valence-corrected chi connectivity index (χ2v) is 8.46. The Bertz CT molecular complexity index is 956. The average Bonchev–Trinajstić information content (AvgIpc) is 2.72. The maximum atomic E-state index is 12.5.